The monoisotopic (exact) mass is 240 g/mol. The predicted molar refractivity (Wildman–Crippen MR) is 71.2 cm³/mol. The first-order valence-electron chi connectivity index (χ1n) is 7.33. The molecule has 1 fully saturated rings. The summed E-state index contributed by atoms with van der Waals surface area (Å²) in [4.78, 5) is 12.3. The van der Waals surface area contributed by atoms with E-state index in [9.17, 15) is 4.79 Å². The Morgan fingerprint density at radius 3 is 2.24 bits per heavy atom. The molecule has 0 aliphatic heterocycles. The van der Waals surface area contributed by atoms with E-state index in [1.54, 1.807) is 7.11 Å². The standard InChI is InChI=1S/C15H28O2/c1-3-4-5-8-11-14(16)15(17-2)12-9-6-7-10-13-15/h3-13H2,1-2H3. The van der Waals surface area contributed by atoms with Gasteiger partial charge in [0.05, 0.1) is 0 Å². The molecule has 2 heteroatoms. The zero-order valence-electron chi connectivity index (χ0n) is 11.6. The fourth-order valence-corrected chi connectivity index (χ4v) is 2.84. The summed E-state index contributed by atoms with van der Waals surface area (Å²) in [7, 11) is 1.72. The van der Waals surface area contributed by atoms with Gasteiger partial charge in [0.15, 0.2) is 5.78 Å². The largest absolute Gasteiger partial charge is 0.370 e. The predicted octanol–water partition coefficient (Wildman–Crippen LogP) is 4.27. The summed E-state index contributed by atoms with van der Waals surface area (Å²) >= 11 is 0. The number of ether oxygens (including phenoxy) is 1. The second-order valence-corrected chi connectivity index (χ2v) is 5.35. The van der Waals surface area contributed by atoms with Gasteiger partial charge < -0.3 is 4.74 Å². The Kier molecular flexibility index (Phi) is 6.79. The lowest BCUT2D eigenvalue weighted by molar-refractivity contribution is -0.143. The van der Waals surface area contributed by atoms with Gasteiger partial charge in [-0.15, -0.1) is 0 Å². The van der Waals surface area contributed by atoms with Gasteiger partial charge in [-0.1, -0.05) is 51.9 Å². The van der Waals surface area contributed by atoms with Gasteiger partial charge in [-0.3, -0.25) is 4.79 Å². The van der Waals surface area contributed by atoms with Gasteiger partial charge in [-0.05, 0) is 19.3 Å². The number of carbonyl (C=O) groups is 1. The van der Waals surface area contributed by atoms with Crippen LogP contribution in [0.4, 0.5) is 0 Å². The third-order valence-corrected chi connectivity index (χ3v) is 4.07. The highest BCUT2D eigenvalue weighted by Crippen LogP contribution is 2.32. The minimum atomic E-state index is -0.428. The topological polar surface area (TPSA) is 26.3 Å². The number of hydrogen-bond acceptors (Lipinski definition) is 2. The van der Waals surface area contributed by atoms with Crippen molar-refractivity contribution < 1.29 is 9.53 Å². The minimum Gasteiger partial charge on any atom is -0.370 e. The Bertz CT molecular complexity index is 215. The first-order chi connectivity index (χ1) is 8.25. The van der Waals surface area contributed by atoms with Crippen molar-refractivity contribution in [2.75, 3.05) is 7.11 Å². The Hall–Kier alpha value is -0.370. The van der Waals surface area contributed by atoms with Crippen LogP contribution < -0.4 is 0 Å². The first-order valence-corrected chi connectivity index (χ1v) is 7.33. The normalized spacial score (nSPS) is 19.9. The molecule has 1 saturated carbocycles. The summed E-state index contributed by atoms with van der Waals surface area (Å²) in [5.41, 5.74) is -0.428. The lowest BCUT2D eigenvalue weighted by Gasteiger charge is -2.29. The molecule has 0 N–H and O–H groups in total. The fourth-order valence-electron chi connectivity index (χ4n) is 2.84. The zero-order valence-corrected chi connectivity index (χ0v) is 11.6. The Morgan fingerprint density at radius 2 is 1.71 bits per heavy atom. The molecule has 1 rings (SSSR count). The van der Waals surface area contributed by atoms with Crippen LogP contribution in [0.2, 0.25) is 0 Å². The maximum absolute atomic E-state index is 12.3. The van der Waals surface area contributed by atoms with Gasteiger partial charge in [-0.2, -0.15) is 0 Å². The van der Waals surface area contributed by atoms with E-state index in [0.717, 1.165) is 32.1 Å². The second kappa shape index (κ2) is 7.86. The van der Waals surface area contributed by atoms with E-state index in [4.69, 9.17) is 4.74 Å². The summed E-state index contributed by atoms with van der Waals surface area (Å²) in [6, 6.07) is 0. The summed E-state index contributed by atoms with van der Waals surface area (Å²) in [6.07, 6.45) is 12.1. The molecule has 0 spiro atoms. The van der Waals surface area contributed by atoms with Crippen LogP contribution in [0.1, 0.15) is 77.6 Å². The van der Waals surface area contributed by atoms with E-state index in [0.29, 0.717) is 12.2 Å². The average Bonchev–Trinajstić information content (AvgIpc) is 2.60. The summed E-state index contributed by atoms with van der Waals surface area (Å²) in [5, 5.41) is 0. The maximum Gasteiger partial charge on any atom is 0.164 e. The van der Waals surface area contributed by atoms with Gasteiger partial charge in [0, 0.05) is 13.5 Å². The van der Waals surface area contributed by atoms with E-state index >= 15 is 0 Å². The summed E-state index contributed by atoms with van der Waals surface area (Å²) < 4.78 is 5.63. The lowest BCUT2D eigenvalue weighted by Crippen LogP contribution is -2.40. The Labute approximate surface area is 106 Å². The molecule has 100 valence electrons. The third-order valence-electron chi connectivity index (χ3n) is 4.07. The average molecular weight is 240 g/mol. The maximum atomic E-state index is 12.3. The van der Waals surface area contributed by atoms with Crippen molar-refractivity contribution in [3.63, 3.8) is 0 Å². The van der Waals surface area contributed by atoms with Crippen molar-refractivity contribution in [1.82, 2.24) is 0 Å². The molecular weight excluding hydrogens is 212 g/mol. The number of Topliss-reactive ketones (excluding diaryl/α,β-unsaturated/α-hetero) is 1. The van der Waals surface area contributed by atoms with Crippen molar-refractivity contribution in [3.05, 3.63) is 0 Å². The molecule has 17 heavy (non-hydrogen) atoms. The van der Waals surface area contributed by atoms with Crippen LogP contribution in [0.3, 0.4) is 0 Å². The van der Waals surface area contributed by atoms with Crippen molar-refractivity contribution in [2.45, 2.75) is 83.2 Å². The number of hydrogen-bond donors (Lipinski definition) is 0. The molecule has 0 unspecified atom stereocenters. The smallest absolute Gasteiger partial charge is 0.164 e. The van der Waals surface area contributed by atoms with Gasteiger partial charge >= 0.3 is 0 Å². The van der Waals surface area contributed by atoms with Gasteiger partial charge in [0.2, 0.25) is 0 Å². The van der Waals surface area contributed by atoms with E-state index < -0.39 is 5.60 Å². The van der Waals surface area contributed by atoms with Crippen LogP contribution in [0, 0.1) is 0 Å². The highest BCUT2D eigenvalue weighted by Gasteiger charge is 2.37. The molecule has 0 aromatic heterocycles. The Morgan fingerprint density at radius 1 is 1.06 bits per heavy atom. The lowest BCUT2D eigenvalue weighted by atomic mass is 9.87. The number of unbranched alkanes of at least 4 members (excludes halogenated alkanes) is 3. The van der Waals surface area contributed by atoms with Crippen LogP contribution in [0.15, 0.2) is 0 Å². The molecule has 0 heterocycles. The fraction of sp³-hybridized carbons (Fsp3) is 0.933. The summed E-state index contributed by atoms with van der Waals surface area (Å²) in [5.74, 6) is 0.359. The minimum absolute atomic E-state index is 0.359. The summed E-state index contributed by atoms with van der Waals surface area (Å²) in [6.45, 7) is 2.20. The third kappa shape index (κ3) is 4.42. The second-order valence-electron chi connectivity index (χ2n) is 5.35. The molecule has 2 nitrogen and oxygen atoms in total. The molecule has 0 bridgehead atoms. The highest BCUT2D eigenvalue weighted by molar-refractivity contribution is 5.87. The van der Waals surface area contributed by atoms with Gasteiger partial charge in [0.25, 0.3) is 0 Å². The van der Waals surface area contributed by atoms with E-state index in [1.165, 1.54) is 32.1 Å². The molecule has 1 aliphatic rings. The molecule has 0 radical (unpaired) electrons. The highest BCUT2D eigenvalue weighted by atomic mass is 16.5. The van der Waals surface area contributed by atoms with Crippen molar-refractivity contribution in [1.29, 1.82) is 0 Å². The number of ketones is 1. The molecule has 0 aromatic carbocycles. The van der Waals surface area contributed by atoms with Crippen LogP contribution in [-0.2, 0) is 9.53 Å². The molecule has 0 aromatic rings. The number of methoxy groups -OCH3 is 1. The van der Waals surface area contributed by atoms with E-state index in [2.05, 4.69) is 6.92 Å². The Balaban J connectivity index is 2.43. The number of rotatable bonds is 7. The quantitative estimate of drug-likeness (QED) is 0.491. The van der Waals surface area contributed by atoms with Crippen LogP contribution in [-0.4, -0.2) is 18.5 Å². The van der Waals surface area contributed by atoms with Crippen molar-refractivity contribution in [2.24, 2.45) is 0 Å². The van der Waals surface area contributed by atoms with Crippen molar-refractivity contribution in [3.8, 4) is 0 Å². The van der Waals surface area contributed by atoms with Crippen LogP contribution in [0.25, 0.3) is 0 Å². The molecule has 0 saturated heterocycles. The van der Waals surface area contributed by atoms with Crippen LogP contribution >= 0.6 is 0 Å². The molecule has 0 atom stereocenters. The van der Waals surface area contributed by atoms with Gasteiger partial charge in [0.1, 0.15) is 5.60 Å². The van der Waals surface area contributed by atoms with E-state index in [-0.39, 0.29) is 0 Å². The van der Waals surface area contributed by atoms with Gasteiger partial charge in [-0.25, -0.2) is 0 Å². The van der Waals surface area contributed by atoms with Crippen molar-refractivity contribution >= 4 is 5.78 Å². The SMILES string of the molecule is CCCCCCC(=O)C1(OC)CCCCCC1. The molecule has 1 aliphatic carbocycles. The van der Waals surface area contributed by atoms with E-state index in [1.807, 2.05) is 0 Å². The van der Waals surface area contributed by atoms with Crippen LogP contribution in [0.5, 0.6) is 0 Å². The first kappa shape index (κ1) is 14.7. The molecule has 0 amide bonds. The molecular formula is C15H28O2. The zero-order chi connectivity index (χ0) is 12.6. The number of carbonyl (C=O) groups excluding carboxylic acids is 1.